The van der Waals surface area contributed by atoms with Crippen LogP contribution in [-0.4, -0.2) is 16.7 Å². The summed E-state index contributed by atoms with van der Waals surface area (Å²) in [5.74, 6) is -2.15. The third kappa shape index (κ3) is 1.40. The van der Waals surface area contributed by atoms with Crippen LogP contribution in [0, 0.1) is 5.92 Å². The Morgan fingerprint density at radius 1 is 1.67 bits per heavy atom. The van der Waals surface area contributed by atoms with Crippen molar-refractivity contribution in [2.45, 2.75) is 19.0 Å². The fraction of sp³-hybridized carbons (Fsp3) is 0.444. The van der Waals surface area contributed by atoms with E-state index in [0.717, 1.165) is 0 Å². The van der Waals surface area contributed by atoms with Crippen molar-refractivity contribution in [1.82, 2.24) is 0 Å². The van der Waals surface area contributed by atoms with Gasteiger partial charge in [0, 0.05) is 0 Å². The van der Waals surface area contributed by atoms with E-state index >= 15 is 0 Å². The fourth-order valence-electron chi connectivity index (χ4n) is 1.28. The summed E-state index contributed by atoms with van der Waals surface area (Å²) in [7, 11) is 0. The summed E-state index contributed by atoms with van der Waals surface area (Å²) in [6.45, 7) is 1.64. The van der Waals surface area contributed by atoms with Crippen molar-refractivity contribution in [3.8, 4) is 0 Å². The van der Waals surface area contributed by atoms with Gasteiger partial charge in [0.25, 0.3) is 0 Å². The molecule has 1 N–H and O–H groups in total. The molecule has 1 aliphatic rings. The predicted octanol–water partition coefficient (Wildman–Crippen LogP) is 1.93. The second-order valence-corrected chi connectivity index (χ2v) is 2.84. The van der Waals surface area contributed by atoms with Crippen molar-refractivity contribution in [2.24, 2.45) is 5.92 Å². The third-order valence-electron chi connectivity index (χ3n) is 2.11. The van der Waals surface area contributed by atoms with Gasteiger partial charge in [0.15, 0.2) is 0 Å². The summed E-state index contributed by atoms with van der Waals surface area (Å²) in [6.07, 6.45) is 5.98. The van der Waals surface area contributed by atoms with Crippen LogP contribution in [0.5, 0.6) is 0 Å². The average molecular weight is 170 g/mol. The predicted molar refractivity (Wildman–Crippen MR) is 43.5 cm³/mol. The molecule has 2 unspecified atom stereocenters. The van der Waals surface area contributed by atoms with Gasteiger partial charge < -0.3 is 5.11 Å². The van der Waals surface area contributed by atoms with Gasteiger partial charge in [-0.05, 0) is 12.5 Å². The smallest absolute Gasteiger partial charge is 0.313 e. The summed E-state index contributed by atoms with van der Waals surface area (Å²) < 4.78 is 13.7. The Morgan fingerprint density at radius 3 is 2.75 bits per heavy atom. The normalized spacial score (nSPS) is 33.7. The summed E-state index contributed by atoms with van der Waals surface area (Å²) >= 11 is 0. The van der Waals surface area contributed by atoms with Crippen LogP contribution in [-0.2, 0) is 4.79 Å². The molecule has 66 valence electrons. The lowest BCUT2D eigenvalue weighted by molar-refractivity contribution is -0.143. The topological polar surface area (TPSA) is 37.3 Å². The van der Waals surface area contributed by atoms with E-state index in [1.807, 2.05) is 0 Å². The number of carboxylic acids is 1. The van der Waals surface area contributed by atoms with E-state index in [4.69, 9.17) is 5.11 Å². The zero-order chi connectivity index (χ0) is 9.19. The minimum absolute atomic E-state index is 0.185. The van der Waals surface area contributed by atoms with Crippen LogP contribution in [0.4, 0.5) is 4.39 Å². The molecule has 2 nitrogen and oxygen atoms in total. The number of alkyl halides is 1. The molecule has 0 amide bonds. The molecule has 0 saturated heterocycles. The van der Waals surface area contributed by atoms with Gasteiger partial charge in [-0.25, -0.2) is 4.39 Å². The molecule has 0 bridgehead atoms. The first kappa shape index (κ1) is 8.97. The number of carbonyl (C=O) groups is 1. The minimum atomic E-state index is -1.71. The van der Waals surface area contributed by atoms with Gasteiger partial charge in [-0.1, -0.05) is 25.2 Å². The molecule has 0 radical (unpaired) electrons. The maximum absolute atomic E-state index is 13.7. The van der Waals surface area contributed by atoms with Crippen molar-refractivity contribution in [3.63, 3.8) is 0 Å². The Kier molecular flexibility index (Phi) is 2.31. The maximum atomic E-state index is 13.7. The standard InChI is InChI=1S/C9H11FO2/c1-2-9(10)6-4-3-5-7(9)8(11)12/h3-7H,2H2,1H3,(H,11,12). The zero-order valence-corrected chi connectivity index (χ0v) is 6.83. The number of halogens is 1. The quantitative estimate of drug-likeness (QED) is 0.687. The second kappa shape index (κ2) is 3.09. The molecule has 3 heteroatoms. The third-order valence-corrected chi connectivity index (χ3v) is 2.11. The Labute approximate surface area is 70.4 Å². The van der Waals surface area contributed by atoms with Crippen LogP contribution in [0.2, 0.25) is 0 Å². The van der Waals surface area contributed by atoms with Crippen molar-refractivity contribution in [1.29, 1.82) is 0 Å². The average Bonchev–Trinajstić information content (AvgIpc) is 2.05. The van der Waals surface area contributed by atoms with Gasteiger partial charge in [0.1, 0.15) is 11.6 Å². The molecule has 0 aromatic heterocycles. The highest BCUT2D eigenvalue weighted by Gasteiger charge is 2.39. The van der Waals surface area contributed by atoms with Crippen molar-refractivity contribution in [2.75, 3.05) is 0 Å². The van der Waals surface area contributed by atoms with Crippen LogP contribution in [0.1, 0.15) is 13.3 Å². The lowest BCUT2D eigenvalue weighted by Gasteiger charge is -2.26. The molecule has 0 aromatic rings. The number of hydrogen-bond donors (Lipinski definition) is 1. The summed E-state index contributed by atoms with van der Waals surface area (Å²) in [5.41, 5.74) is -1.71. The Bertz CT molecular complexity index is 245. The van der Waals surface area contributed by atoms with Crippen molar-refractivity contribution < 1.29 is 14.3 Å². The van der Waals surface area contributed by atoms with Gasteiger partial charge in [0.05, 0.1) is 0 Å². The Morgan fingerprint density at radius 2 is 2.33 bits per heavy atom. The Hall–Kier alpha value is -1.12. The highest BCUT2D eigenvalue weighted by molar-refractivity contribution is 5.75. The highest BCUT2D eigenvalue weighted by atomic mass is 19.1. The number of carboxylic acid groups (broad SMARTS) is 1. The molecule has 12 heavy (non-hydrogen) atoms. The fourth-order valence-corrected chi connectivity index (χ4v) is 1.28. The van der Waals surface area contributed by atoms with E-state index in [9.17, 15) is 9.18 Å². The largest absolute Gasteiger partial charge is 0.481 e. The van der Waals surface area contributed by atoms with E-state index in [1.54, 1.807) is 19.1 Å². The molecule has 1 aliphatic carbocycles. The van der Waals surface area contributed by atoms with E-state index in [-0.39, 0.29) is 6.42 Å². The van der Waals surface area contributed by atoms with Crippen LogP contribution in [0.3, 0.4) is 0 Å². The van der Waals surface area contributed by atoms with E-state index in [2.05, 4.69) is 0 Å². The number of aliphatic carboxylic acids is 1. The molecule has 0 fully saturated rings. The van der Waals surface area contributed by atoms with E-state index < -0.39 is 17.6 Å². The molecule has 0 heterocycles. The summed E-state index contributed by atoms with van der Waals surface area (Å²) in [6, 6.07) is 0. The molecule has 1 rings (SSSR count). The number of hydrogen-bond acceptors (Lipinski definition) is 1. The van der Waals surface area contributed by atoms with Gasteiger partial charge in [-0.3, -0.25) is 4.79 Å². The highest BCUT2D eigenvalue weighted by Crippen LogP contribution is 2.31. The number of rotatable bonds is 2. The van der Waals surface area contributed by atoms with Crippen molar-refractivity contribution >= 4 is 5.97 Å². The number of allylic oxidation sites excluding steroid dienone is 3. The molecular weight excluding hydrogens is 159 g/mol. The zero-order valence-electron chi connectivity index (χ0n) is 6.83. The SMILES string of the molecule is CCC1(F)C=CC=CC1C(=O)O. The van der Waals surface area contributed by atoms with E-state index in [0.29, 0.717) is 0 Å². The maximum Gasteiger partial charge on any atom is 0.313 e. The van der Waals surface area contributed by atoms with Gasteiger partial charge >= 0.3 is 5.97 Å². The van der Waals surface area contributed by atoms with Gasteiger partial charge in [0.2, 0.25) is 0 Å². The van der Waals surface area contributed by atoms with Gasteiger partial charge in [-0.2, -0.15) is 0 Å². The Balaban J connectivity index is 2.92. The molecule has 0 spiro atoms. The minimum Gasteiger partial charge on any atom is -0.481 e. The molecule has 0 aliphatic heterocycles. The molecule has 2 atom stereocenters. The molecule has 0 saturated carbocycles. The van der Waals surface area contributed by atoms with Crippen LogP contribution < -0.4 is 0 Å². The molecule has 0 aromatic carbocycles. The second-order valence-electron chi connectivity index (χ2n) is 2.84. The summed E-state index contributed by atoms with van der Waals surface area (Å²) in [5, 5.41) is 8.68. The van der Waals surface area contributed by atoms with Crippen molar-refractivity contribution in [3.05, 3.63) is 24.3 Å². The van der Waals surface area contributed by atoms with Crippen LogP contribution in [0.25, 0.3) is 0 Å². The first-order valence-electron chi connectivity index (χ1n) is 3.88. The monoisotopic (exact) mass is 170 g/mol. The van der Waals surface area contributed by atoms with E-state index in [1.165, 1.54) is 12.2 Å². The van der Waals surface area contributed by atoms with Crippen LogP contribution >= 0.6 is 0 Å². The lowest BCUT2D eigenvalue weighted by atomic mass is 9.83. The first-order valence-corrected chi connectivity index (χ1v) is 3.88. The van der Waals surface area contributed by atoms with Crippen LogP contribution in [0.15, 0.2) is 24.3 Å². The molecular formula is C9H11FO2. The van der Waals surface area contributed by atoms with Gasteiger partial charge in [-0.15, -0.1) is 0 Å². The first-order chi connectivity index (χ1) is 5.60. The lowest BCUT2D eigenvalue weighted by Crippen LogP contribution is -2.36. The summed E-state index contributed by atoms with van der Waals surface area (Å²) in [4.78, 5) is 10.6.